The topological polar surface area (TPSA) is 49.4 Å². The summed E-state index contributed by atoms with van der Waals surface area (Å²) in [4.78, 5) is 24.8. The summed E-state index contributed by atoms with van der Waals surface area (Å²) in [5, 5.41) is 2.61. The first kappa shape index (κ1) is 18.5. The van der Waals surface area contributed by atoms with E-state index in [1.807, 2.05) is 0 Å². The normalized spacial score (nSPS) is 10.4. The number of amides is 2. The summed E-state index contributed by atoms with van der Waals surface area (Å²) in [6.07, 6.45) is 0.00298. The molecule has 0 aromatic heterocycles. The molecule has 0 bridgehead atoms. The van der Waals surface area contributed by atoms with Crippen molar-refractivity contribution in [3.63, 3.8) is 0 Å². The Kier molecular flexibility index (Phi) is 6.16. The largest absolute Gasteiger partial charge is 0.354 e. The summed E-state index contributed by atoms with van der Waals surface area (Å²) in [5.74, 6) is -3.19. The average Bonchev–Trinajstić information content (AvgIpc) is 2.54. The number of benzene rings is 2. The van der Waals surface area contributed by atoms with Gasteiger partial charge in [-0.05, 0) is 29.8 Å². The summed E-state index contributed by atoms with van der Waals surface area (Å²) >= 11 is 0. The zero-order chi connectivity index (χ0) is 18.4. The van der Waals surface area contributed by atoms with E-state index < -0.39 is 17.5 Å². The van der Waals surface area contributed by atoms with Crippen molar-refractivity contribution in [3.8, 4) is 0 Å². The van der Waals surface area contributed by atoms with Crippen molar-refractivity contribution >= 4 is 17.5 Å². The molecule has 25 heavy (non-hydrogen) atoms. The third kappa shape index (κ3) is 5.34. The van der Waals surface area contributed by atoms with Crippen LogP contribution >= 0.6 is 0 Å². The van der Waals surface area contributed by atoms with E-state index in [-0.39, 0.29) is 37.0 Å². The Morgan fingerprint density at radius 1 is 1.04 bits per heavy atom. The maximum absolute atomic E-state index is 13.3. The maximum Gasteiger partial charge on any atom is 0.224 e. The summed E-state index contributed by atoms with van der Waals surface area (Å²) in [7, 11) is 0. The van der Waals surface area contributed by atoms with Gasteiger partial charge >= 0.3 is 0 Å². The molecule has 132 valence electrons. The minimum absolute atomic E-state index is 0.00298. The highest BCUT2D eigenvalue weighted by atomic mass is 19.2. The van der Waals surface area contributed by atoms with E-state index in [0.29, 0.717) is 5.56 Å². The Balaban J connectivity index is 1.92. The van der Waals surface area contributed by atoms with E-state index in [4.69, 9.17) is 0 Å². The van der Waals surface area contributed by atoms with Crippen LogP contribution in [-0.2, 0) is 16.0 Å². The Labute approximate surface area is 143 Å². The van der Waals surface area contributed by atoms with Gasteiger partial charge in [0, 0.05) is 31.8 Å². The van der Waals surface area contributed by atoms with Crippen LogP contribution in [0.5, 0.6) is 0 Å². The van der Waals surface area contributed by atoms with Crippen LogP contribution in [0.4, 0.5) is 18.9 Å². The highest BCUT2D eigenvalue weighted by Crippen LogP contribution is 2.17. The highest BCUT2D eigenvalue weighted by molar-refractivity contribution is 5.91. The van der Waals surface area contributed by atoms with Gasteiger partial charge in [-0.25, -0.2) is 13.2 Å². The van der Waals surface area contributed by atoms with E-state index >= 15 is 0 Å². The minimum atomic E-state index is -1.06. The fourth-order valence-electron chi connectivity index (χ4n) is 2.32. The molecule has 0 saturated heterocycles. The van der Waals surface area contributed by atoms with Crippen molar-refractivity contribution in [2.24, 2.45) is 0 Å². The quantitative estimate of drug-likeness (QED) is 0.871. The second-order valence-electron chi connectivity index (χ2n) is 5.43. The molecule has 0 aliphatic heterocycles. The van der Waals surface area contributed by atoms with Crippen LogP contribution in [0, 0.1) is 17.5 Å². The van der Waals surface area contributed by atoms with Gasteiger partial charge in [0.05, 0.1) is 6.42 Å². The van der Waals surface area contributed by atoms with Gasteiger partial charge in [0.1, 0.15) is 5.82 Å². The van der Waals surface area contributed by atoms with Crippen molar-refractivity contribution < 1.29 is 22.8 Å². The molecule has 2 aromatic rings. The molecular formula is C18H17F3N2O2. The van der Waals surface area contributed by atoms with Gasteiger partial charge in [-0.3, -0.25) is 9.59 Å². The van der Waals surface area contributed by atoms with Gasteiger partial charge in [0.25, 0.3) is 0 Å². The molecule has 0 saturated carbocycles. The van der Waals surface area contributed by atoms with Gasteiger partial charge < -0.3 is 10.2 Å². The van der Waals surface area contributed by atoms with Crippen LogP contribution in [0.2, 0.25) is 0 Å². The first-order valence-corrected chi connectivity index (χ1v) is 7.61. The minimum Gasteiger partial charge on any atom is -0.354 e. The molecule has 0 aliphatic rings. The maximum atomic E-state index is 13.3. The molecule has 1 N–H and O–H groups in total. The zero-order valence-corrected chi connectivity index (χ0v) is 13.6. The lowest BCUT2D eigenvalue weighted by Gasteiger charge is -2.21. The van der Waals surface area contributed by atoms with Gasteiger partial charge in [0.2, 0.25) is 11.8 Å². The standard InChI is InChI=1S/C18H17F3N2O2/c1-12(24)23(15-5-6-16(20)17(21)11-15)8-7-22-18(25)10-13-3-2-4-14(19)9-13/h2-6,9,11H,7-8,10H2,1H3,(H,22,25). The summed E-state index contributed by atoms with van der Waals surface area (Å²) in [6.45, 7) is 1.50. The number of anilines is 1. The number of halogens is 3. The molecule has 0 atom stereocenters. The number of hydrogen-bond donors (Lipinski definition) is 1. The van der Waals surface area contributed by atoms with Gasteiger partial charge in [-0.2, -0.15) is 0 Å². The molecule has 0 radical (unpaired) electrons. The summed E-state index contributed by atoms with van der Waals surface area (Å²) < 4.78 is 39.4. The molecule has 0 fully saturated rings. The van der Waals surface area contributed by atoms with E-state index in [2.05, 4.69) is 5.32 Å². The number of nitrogens with one attached hydrogen (secondary N) is 1. The molecule has 2 amide bonds. The van der Waals surface area contributed by atoms with Crippen LogP contribution in [0.3, 0.4) is 0 Å². The number of carbonyl (C=O) groups is 2. The monoisotopic (exact) mass is 350 g/mol. The molecule has 0 heterocycles. The van der Waals surface area contributed by atoms with Crippen molar-refractivity contribution in [2.75, 3.05) is 18.0 Å². The van der Waals surface area contributed by atoms with Gasteiger partial charge in [-0.15, -0.1) is 0 Å². The molecule has 0 aliphatic carbocycles. The molecule has 2 rings (SSSR count). The predicted molar refractivity (Wildman–Crippen MR) is 87.5 cm³/mol. The SMILES string of the molecule is CC(=O)N(CCNC(=O)Cc1cccc(F)c1)c1ccc(F)c(F)c1. The van der Waals surface area contributed by atoms with Crippen molar-refractivity contribution in [1.82, 2.24) is 5.32 Å². The summed E-state index contributed by atoms with van der Waals surface area (Å²) in [6, 6.07) is 8.84. The van der Waals surface area contributed by atoms with Crippen molar-refractivity contribution in [2.45, 2.75) is 13.3 Å². The van der Waals surface area contributed by atoms with Crippen LogP contribution in [0.1, 0.15) is 12.5 Å². The fraction of sp³-hybridized carbons (Fsp3) is 0.222. The van der Waals surface area contributed by atoms with E-state index in [1.54, 1.807) is 6.07 Å². The van der Waals surface area contributed by atoms with Crippen molar-refractivity contribution in [3.05, 3.63) is 65.5 Å². The van der Waals surface area contributed by atoms with Gasteiger partial charge in [0.15, 0.2) is 11.6 Å². The van der Waals surface area contributed by atoms with Crippen LogP contribution in [-0.4, -0.2) is 24.9 Å². The Hall–Kier alpha value is -2.83. The molecule has 2 aromatic carbocycles. The lowest BCUT2D eigenvalue weighted by Crippen LogP contribution is -2.38. The van der Waals surface area contributed by atoms with E-state index in [9.17, 15) is 22.8 Å². The molecule has 0 spiro atoms. The van der Waals surface area contributed by atoms with Crippen LogP contribution in [0.15, 0.2) is 42.5 Å². The average molecular weight is 350 g/mol. The number of carbonyl (C=O) groups excluding carboxylic acids is 2. The number of hydrogen-bond acceptors (Lipinski definition) is 2. The second-order valence-corrected chi connectivity index (χ2v) is 5.43. The van der Waals surface area contributed by atoms with Crippen LogP contribution < -0.4 is 10.2 Å². The van der Waals surface area contributed by atoms with Crippen molar-refractivity contribution in [1.29, 1.82) is 0 Å². The molecule has 7 heteroatoms. The Bertz CT molecular complexity index is 781. The molecular weight excluding hydrogens is 333 g/mol. The Morgan fingerprint density at radius 3 is 2.44 bits per heavy atom. The number of nitrogens with zero attached hydrogens (tertiary/aromatic N) is 1. The second kappa shape index (κ2) is 8.32. The van der Waals surface area contributed by atoms with E-state index in [0.717, 1.165) is 12.1 Å². The highest BCUT2D eigenvalue weighted by Gasteiger charge is 2.14. The fourth-order valence-corrected chi connectivity index (χ4v) is 2.32. The van der Waals surface area contributed by atoms with Crippen LogP contribution in [0.25, 0.3) is 0 Å². The lowest BCUT2D eigenvalue weighted by atomic mass is 10.1. The Morgan fingerprint density at radius 2 is 1.80 bits per heavy atom. The van der Waals surface area contributed by atoms with Gasteiger partial charge in [-0.1, -0.05) is 12.1 Å². The predicted octanol–water partition coefficient (Wildman–Crippen LogP) is 2.82. The summed E-state index contributed by atoms with van der Waals surface area (Å²) in [5.41, 5.74) is 0.729. The lowest BCUT2D eigenvalue weighted by molar-refractivity contribution is -0.121. The first-order valence-electron chi connectivity index (χ1n) is 7.61. The number of rotatable bonds is 6. The first-order chi connectivity index (χ1) is 11.9. The zero-order valence-electron chi connectivity index (χ0n) is 13.6. The molecule has 4 nitrogen and oxygen atoms in total. The third-order valence-electron chi connectivity index (χ3n) is 3.51. The third-order valence-corrected chi connectivity index (χ3v) is 3.51. The molecule has 0 unspecified atom stereocenters. The van der Waals surface area contributed by atoms with E-state index in [1.165, 1.54) is 36.1 Å². The smallest absolute Gasteiger partial charge is 0.224 e.